The fourth-order valence-corrected chi connectivity index (χ4v) is 4.19. The second-order valence-electron chi connectivity index (χ2n) is 6.32. The highest BCUT2D eigenvalue weighted by Gasteiger charge is 2.31. The standard InChI is InChI=1S/C17H24BrN/c18-16-8-5-13(6-9-16)12-19-17-10-7-14-3-1-2-4-15(14)11-17/h5-6,8-9,14-15,17,19H,1-4,7,10-12H2. The second-order valence-corrected chi connectivity index (χ2v) is 7.24. The van der Waals surface area contributed by atoms with Crippen LogP contribution >= 0.6 is 15.9 Å². The molecular weight excluding hydrogens is 298 g/mol. The molecule has 1 N–H and O–H groups in total. The van der Waals surface area contributed by atoms with Gasteiger partial charge in [0.25, 0.3) is 0 Å². The van der Waals surface area contributed by atoms with Gasteiger partial charge in [-0.05, 0) is 48.8 Å². The number of hydrogen-bond acceptors (Lipinski definition) is 1. The van der Waals surface area contributed by atoms with Crippen LogP contribution in [0, 0.1) is 11.8 Å². The predicted molar refractivity (Wildman–Crippen MR) is 84.1 cm³/mol. The van der Waals surface area contributed by atoms with Crippen LogP contribution in [-0.2, 0) is 6.54 Å². The maximum absolute atomic E-state index is 3.78. The zero-order valence-corrected chi connectivity index (χ0v) is 13.2. The van der Waals surface area contributed by atoms with Crippen molar-refractivity contribution in [2.24, 2.45) is 11.8 Å². The summed E-state index contributed by atoms with van der Waals surface area (Å²) >= 11 is 3.49. The summed E-state index contributed by atoms with van der Waals surface area (Å²) in [7, 11) is 0. The largest absolute Gasteiger partial charge is 0.310 e. The van der Waals surface area contributed by atoms with E-state index in [9.17, 15) is 0 Å². The zero-order chi connectivity index (χ0) is 13.1. The van der Waals surface area contributed by atoms with Crippen molar-refractivity contribution in [3.63, 3.8) is 0 Å². The summed E-state index contributed by atoms with van der Waals surface area (Å²) in [6.07, 6.45) is 10.2. The van der Waals surface area contributed by atoms with Crippen molar-refractivity contribution in [1.29, 1.82) is 0 Å². The molecule has 0 radical (unpaired) electrons. The molecule has 0 bridgehead atoms. The van der Waals surface area contributed by atoms with Gasteiger partial charge in [0, 0.05) is 17.1 Å². The van der Waals surface area contributed by atoms with E-state index in [1.54, 1.807) is 0 Å². The van der Waals surface area contributed by atoms with Crippen LogP contribution in [0.1, 0.15) is 50.5 Å². The van der Waals surface area contributed by atoms with Crippen molar-refractivity contribution in [2.45, 2.75) is 57.5 Å². The number of halogens is 1. The van der Waals surface area contributed by atoms with E-state index in [4.69, 9.17) is 0 Å². The molecule has 2 fully saturated rings. The lowest BCUT2D eigenvalue weighted by Gasteiger charge is -2.39. The Morgan fingerprint density at radius 3 is 2.47 bits per heavy atom. The first-order valence-electron chi connectivity index (χ1n) is 7.79. The summed E-state index contributed by atoms with van der Waals surface area (Å²) in [6, 6.07) is 9.44. The molecular formula is C17H24BrN. The van der Waals surface area contributed by atoms with Crippen molar-refractivity contribution in [1.82, 2.24) is 5.32 Å². The van der Waals surface area contributed by atoms with Gasteiger partial charge in [-0.15, -0.1) is 0 Å². The molecule has 1 aromatic carbocycles. The van der Waals surface area contributed by atoms with Crippen molar-refractivity contribution >= 4 is 15.9 Å². The molecule has 0 aliphatic heterocycles. The van der Waals surface area contributed by atoms with Crippen molar-refractivity contribution in [2.75, 3.05) is 0 Å². The third kappa shape index (κ3) is 3.61. The normalized spacial score (nSPS) is 30.9. The lowest BCUT2D eigenvalue weighted by Crippen LogP contribution is -2.38. The van der Waals surface area contributed by atoms with E-state index in [0.717, 1.165) is 24.4 Å². The Morgan fingerprint density at radius 1 is 0.947 bits per heavy atom. The average molecular weight is 322 g/mol. The van der Waals surface area contributed by atoms with Gasteiger partial charge in [0.15, 0.2) is 0 Å². The van der Waals surface area contributed by atoms with E-state index in [0.29, 0.717) is 0 Å². The van der Waals surface area contributed by atoms with Crippen LogP contribution in [0.25, 0.3) is 0 Å². The molecule has 0 heterocycles. The molecule has 0 amide bonds. The minimum absolute atomic E-state index is 0.753. The zero-order valence-electron chi connectivity index (χ0n) is 11.6. The van der Waals surface area contributed by atoms with Gasteiger partial charge in [0.05, 0.1) is 0 Å². The fraction of sp³-hybridized carbons (Fsp3) is 0.647. The van der Waals surface area contributed by atoms with E-state index in [2.05, 4.69) is 45.5 Å². The monoisotopic (exact) mass is 321 g/mol. The van der Waals surface area contributed by atoms with Gasteiger partial charge in [-0.3, -0.25) is 0 Å². The summed E-state index contributed by atoms with van der Waals surface area (Å²) in [5.74, 6) is 2.07. The van der Waals surface area contributed by atoms with Gasteiger partial charge in [0.2, 0.25) is 0 Å². The molecule has 2 aliphatic rings. The number of fused-ring (bicyclic) bond motifs is 1. The fourth-order valence-electron chi connectivity index (χ4n) is 3.92. The van der Waals surface area contributed by atoms with Crippen molar-refractivity contribution < 1.29 is 0 Å². The molecule has 2 heteroatoms. The maximum atomic E-state index is 3.78. The topological polar surface area (TPSA) is 12.0 Å². The van der Waals surface area contributed by atoms with Crippen LogP contribution < -0.4 is 5.32 Å². The number of rotatable bonds is 3. The highest BCUT2D eigenvalue weighted by Crippen LogP contribution is 2.40. The maximum Gasteiger partial charge on any atom is 0.0208 e. The van der Waals surface area contributed by atoms with Gasteiger partial charge in [-0.2, -0.15) is 0 Å². The van der Waals surface area contributed by atoms with Gasteiger partial charge < -0.3 is 5.32 Å². The van der Waals surface area contributed by atoms with Crippen LogP contribution in [-0.4, -0.2) is 6.04 Å². The predicted octanol–water partition coefficient (Wildman–Crippen LogP) is 4.90. The highest BCUT2D eigenvalue weighted by molar-refractivity contribution is 9.10. The second kappa shape index (κ2) is 6.41. The lowest BCUT2D eigenvalue weighted by atomic mass is 9.69. The Labute approximate surface area is 125 Å². The Hall–Kier alpha value is -0.340. The number of benzene rings is 1. The molecule has 0 saturated heterocycles. The first-order chi connectivity index (χ1) is 9.31. The molecule has 104 valence electrons. The Kier molecular flexibility index (Phi) is 4.60. The minimum Gasteiger partial charge on any atom is -0.310 e. The molecule has 0 spiro atoms. The van der Waals surface area contributed by atoms with Gasteiger partial charge in [-0.25, -0.2) is 0 Å². The van der Waals surface area contributed by atoms with Crippen LogP contribution in [0.3, 0.4) is 0 Å². The molecule has 2 aliphatic carbocycles. The molecule has 2 saturated carbocycles. The molecule has 3 unspecified atom stereocenters. The summed E-state index contributed by atoms with van der Waals surface area (Å²) < 4.78 is 1.17. The van der Waals surface area contributed by atoms with Gasteiger partial charge in [-0.1, -0.05) is 53.7 Å². The van der Waals surface area contributed by atoms with Crippen molar-refractivity contribution in [3.05, 3.63) is 34.3 Å². The molecule has 3 rings (SSSR count). The van der Waals surface area contributed by atoms with Crippen LogP contribution in [0.15, 0.2) is 28.7 Å². The Morgan fingerprint density at radius 2 is 1.68 bits per heavy atom. The summed E-state index contributed by atoms with van der Waals surface area (Å²) in [5.41, 5.74) is 1.40. The first-order valence-corrected chi connectivity index (χ1v) is 8.58. The molecule has 1 aromatic rings. The minimum atomic E-state index is 0.753. The summed E-state index contributed by atoms with van der Waals surface area (Å²) in [6.45, 7) is 1.02. The van der Waals surface area contributed by atoms with Crippen LogP contribution in [0.4, 0.5) is 0 Å². The smallest absolute Gasteiger partial charge is 0.0208 e. The molecule has 3 atom stereocenters. The summed E-state index contributed by atoms with van der Waals surface area (Å²) in [4.78, 5) is 0. The lowest BCUT2D eigenvalue weighted by molar-refractivity contribution is 0.143. The van der Waals surface area contributed by atoms with E-state index in [1.807, 2.05) is 0 Å². The highest BCUT2D eigenvalue weighted by atomic mass is 79.9. The number of nitrogens with one attached hydrogen (secondary N) is 1. The van der Waals surface area contributed by atoms with Gasteiger partial charge in [0.1, 0.15) is 0 Å². The van der Waals surface area contributed by atoms with E-state index < -0.39 is 0 Å². The third-order valence-electron chi connectivity index (χ3n) is 5.05. The van der Waals surface area contributed by atoms with E-state index >= 15 is 0 Å². The number of hydrogen-bond donors (Lipinski definition) is 1. The van der Waals surface area contributed by atoms with Crippen LogP contribution in [0.5, 0.6) is 0 Å². The van der Waals surface area contributed by atoms with E-state index in [-0.39, 0.29) is 0 Å². The average Bonchev–Trinajstić information content (AvgIpc) is 2.46. The SMILES string of the molecule is Brc1ccc(CNC2CCC3CCCCC3C2)cc1. The molecule has 19 heavy (non-hydrogen) atoms. The molecule has 1 nitrogen and oxygen atoms in total. The summed E-state index contributed by atoms with van der Waals surface area (Å²) in [5, 5.41) is 3.78. The Bertz CT molecular complexity index is 400. The quantitative estimate of drug-likeness (QED) is 0.835. The van der Waals surface area contributed by atoms with E-state index in [1.165, 1.54) is 55.0 Å². The first kappa shape index (κ1) is 13.6. The van der Waals surface area contributed by atoms with Crippen molar-refractivity contribution in [3.8, 4) is 0 Å². The Balaban J connectivity index is 1.49. The molecule has 0 aromatic heterocycles. The van der Waals surface area contributed by atoms with Crippen LogP contribution in [0.2, 0.25) is 0 Å². The third-order valence-corrected chi connectivity index (χ3v) is 5.58. The van der Waals surface area contributed by atoms with Gasteiger partial charge >= 0.3 is 0 Å².